The summed E-state index contributed by atoms with van der Waals surface area (Å²) in [5.41, 5.74) is 4.46. The first-order chi connectivity index (χ1) is 13.5. The molecule has 0 atom stereocenters. The van der Waals surface area contributed by atoms with Crippen LogP contribution >= 0.6 is 11.3 Å². The van der Waals surface area contributed by atoms with E-state index < -0.39 is 0 Å². The third-order valence-electron chi connectivity index (χ3n) is 4.54. The van der Waals surface area contributed by atoms with E-state index in [0.717, 1.165) is 37.9 Å². The fourth-order valence-corrected chi connectivity index (χ4v) is 3.94. The monoisotopic (exact) mass is 392 g/mol. The molecule has 0 fully saturated rings. The van der Waals surface area contributed by atoms with Gasteiger partial charge >= 0.3 is 0 Å². The van der Waals surface area contributed by atoms with Crippen LogP contribution in [0, 0.1) is 13.8 Å². The number of thiazole rings is 1. The first-order valence-electron chi connectivity index (χ1n) is 8.90. The maximum atomic E-state index is 12.2. The lowest BCUT2D eigenvalue weighted by Gasteiger charge is -2.08. The van der Waals surface area contributed by atoms with Crippen LogP contribution in [0.5, 0.6) is 5.75 Å². The molecule has 2 aromatic carbocycles. The molecule has 4 rings (SSSR count). The van der Waals surface area contributed by atoms with Gasteiger partial charge in [0.2, 0.25) is 0 Å². The molecule has 0 bridgehead atoms. The van der Waals surface area contributed by atoms with E-state index in [1.54, 1.807) is 16.0 Å². The van der Waals surface area contributed by atoms with Crippen molar-refractivity contribution in [3.63, 3.8) is 0 Å². The average molecular weight is 392 g/mol. The molecule has 0 unspecified atom stereocenters. The van der Waals surface area contributed by atoms with Gasteiger partial charge in [0.15, 0.2) is 6.61 Å². The fraction of sp³-hybridized carbons (Fsp3) is 0.190. The minimum atomic E-state index is -0.213. The van der Waals surface area contributed by atoms with Gasteiger partial charge in [0.1, 0.15) is 10.8 Å². The Balaban J connectivity index is 1.40. The number of ether oxygens (including phenoxy) is 1. The normalized spacial score (nSPS) is 11.0. The molecule has 6 nitrogen and oxygen atoms in total. The molecule has 0 saturated carbocycles. The summed E-state index contributed by atoms with van der Waals surface area (Å²) in [6.45, 7) is 3.72. The van der Waals surface area contributed by atoms with Gasteiger partial charge in [-0.15, -0.1) is 11.3 Å². The van der Waals surface area contributed by atoms with E-state index in [2.05, 4.69) is 21.5 Å². The summed E-state index contributed by atoms with van der Waals surface area (Å²) >= 11 is 1.66. The Labute approximate surface area is 166 Å². The van der Waals surface area contributed by atoms with Crippen LogP contribution in [0.15, 0.2) is 48.5 Å². The SMILES string of the molecule is Cc1nn(C)c(C)c1NC(=O)COc1ccc(-c2nc3ccccc3s2)cc1. The molecular weight excluding hydrogens is 372 g/mol. The quantitative estimate of drug-likeness (QED) is 0.549. The number of nitrogens with one attached hydrogen (secondary N) is 1. The number of aromatic nitrogens is 3. The molecule has 2 heterocycles. The summed E-state index contributed by atoms with van der Waals surface area (Å²) in [5.74, 6) is 0.425. The van der Waals surface area contributed by atoms with Crippen molar-refractivity contribution in [3.8, 4) is 16.3 Å². The molecule has 1 N–H and O–H groups in total. The number of rotatable bonds is 5. The summed E-state index contributed by atoms with van der Waals surface area (Å²) in [5, 5.41) is 8.12. The van der Waals surface area contributed by atoms with Crippen molar-refractivity contribution < 1.29 is 9.53 Å². The lowest BCUT2D eigenvalue weighted by molar-refractivity contribution is -0.118. The summed E-state index contributed by atoms with van der Waals surface area (Å²) in [7, 11) is 1.85. The van der Waals surface area contributed by atoms with Crippen LogP contribution in [0.2, 0.25) is 0 Å². The highest BCUT2D eigenvalue weighted by Crippen LogP contribution is 2.30. The van der Waals surface area contributed by atoms with E-state index >= 15 is 0 Å². The molecule has 28 heavy (non-hydrogen) atoms. The van der Waals surface area contributed by atoms with Crippen molar-refractivity contribution in [1.29, 1.82) is 0 Å². The molecule has 2 aromatic heterocycles. The van der Waals surface area contributed by atoms with Crippen LogP contribution in [-0.2, 0) is 11.8 Å². The van der Waals surface area contributed by atoms with E-state index in [9.17, 15) is 4.79 Å². The number of aryl methyl sites for hydroxylation is 2. The Morgan fingerprint density at radius 3 is 2.57 bits per heavy atom. The zero-order valence-corrected chi connectivity index (χ0v) is 16.7. The Hall–Kier alpha value is -3.19. The predicted molar refractivity (Wildman–Crippen MR) is 112 cm³/mol. The van der Waals surface area contributed by atoms with Gasteiger partial charge in [0.05, 0.1) is 27.3 Å². The number of para-hydroxylation sites is 1. The van der Waals surface area contributed by atoms with Crippen molar-refractivity contribution in [1.82, 2.24) is 14.8 Å². The van der Waals surface area contributed by atoms with E-state index in [4.69, 9.17) is 4.74 Å². The fourth-order valence-electron chi connectivity index (χ4n) is 2.97. The Bertz CT molecular complexity index is 1110. The smallest absolute Gasteiger partial charge is 0.262 e. The first kappa shape index (κ1) is 18.2. The number of anilines is 1. The molecule has 0 aliphatic carbocycles. The zero-order chi connectivity index (χ0) is 19.7. The second-order valence-corrected chi connectivity index (χ2v) is 7.55. The Morgan fingerprint density at radius 2 is 1.89 bits per heavy atom. The zero-order valence-electron chi connectivity index (χ0n) is 15.9. The molecule has 0 aliphatic heterocycles. The number of amides is 1. The summed E-state index contributed by atoms with van der Waals surface area (Å²) in [6.07, 6.45) is 0. The number of nitrogens with zero attached hydrogens (tertiary/aromatic N) is 3. The van der Waals surface area contributed by atoms with Gasteiger partial charge in [0, 0.05) is 12.6 Å². The maximum absolute atomic E-state index is 12.2. The van der Waals surface area contributed by atoms with E-state index in [-0.39, 0.29) is 12.5 Å². The van der Waals surface area contributed by atoms with Gasteiger partial charge < -0.3 is 10.1 Å². The van der Waals surface area contributed by atoms with Gasteiger partial charge in [-0.1, -0.05) is 12.1 Å². The summed E-state index contributed by atoms with van der Waals surface area (Å²) in [6, 6.07) is 15.7. The minimum absolute atomic E-state index is 0.0613. The highest BCUT2D eigenvalue weighted by Gasteiger charge is 2.13. The highest BCUT2D eigenvalue weighted by molar-refractivity contribution is 7.21. The van der Waals surface area contributed by atoms with E-state index in [0.29, 0.717) is 5.75 Å². The number of carbonyl (C=O) groups is 1. The van der Waals surface area contributed by atoms with Crippen LogP contribution < -0.4 is 10.1 Å². The van der Waals surface area contributed by atoms with Gasteiger partial charge in [-0.3, -0.25) is 9.48 Å². The average Bonchev–Trinajstić information content (AvgIpc) is 3.23. The van der Waals surface area contributed by atoms with E-state index in [1.165, 1.54) is 0 Å². The van der Waals surface area contributed by atoms with Crippen LogP contribution in [0.25, 0.3) is 20.8 Å². The molecular formula is C21H20N4O2S. The van der Waals surface area contributed by atoms with Crippen molar-refractivity contribution in [2.45, 2.75) is 13.8 Å². The second kappa shape index (κ2) is 7.44. The van der Waals surface area contributed by atoms with Crippen molar-refractivity contribution in [3.05, 3.63) is 59.9 Å². The summed E-state index contributed by atoms with van der Waals surface area (Å²) in [4.78, 5) is 16.9. The molecule has 0 aliphatic rings. The van der Waals surface area contributed by atoms with E-state index in [1.807, 2.05) is 63.4 Å². The third kappa shape index (κ3) is 3.61. The highest BCUT2D eigenvalue weighted by atomic mass is 32.1. The first-order valence-corrected chi connectivity index (χ1v) is 9.72. The minimum Gasteiger partial charge on any atom is -0.484 e. The standard InChI is InChI=1S/C21H20N4O2S/c1-13-20(14(2)25(3)24-13)23-19(26)12-27-16-10-8-15(9-11-16)21-22-17-6-4-5-7-18(17)28-21/h4-11H,12H2,1-3H3,(H,23,26). The van der Waals surface area contributed by atoms with Gasteiger partial charge in [-0.25, -0.2) is 4.98 Å². The molecule has 4 aromatic rings. The van der Waals surface area contributed by atoms with Gasteiger partial charge in [0.25, 0.3) is 5.91 Å². The van der Waals surface area contributed by atoms with Crippen molar-refractivity contribution in [2.24, 2.45) is 7.05 Å². The number of hydrogen-bond acceptors (Lipinski definition) is 5. The Kier molecular flexibility index (Phi) is 4.83. The molecule has 1 amide bonds. The lowest BCUT2D eigenvalue weighted by atomic mass is 10.2. The van der Waals surface area contributed by atoms with Crippen LogP contribution in [-0.4, -0.2) is 27.3 Å². The molecule has 0 saturated heterocycles. The van der Waals surface area contributed by atoms with Crippen molar-refractivity contribution >= 4 is 33.1 Å². The predicted octanol–water partition coefficient (Wildman–Crippen LogP) is 4.33. The Morgan fingerprint density at radius 1 is 1.14 bits per heavy atom. The second-order valence-electron chi connectivity index (χ2n) is 6.52. The van der Waals surface area contributed by atoms with Crippen LogP contribution in [0.1, 0.15) is 11.4 Å². The molecule has 142 valence electrons. The molecule has 0 radical (unpaired) electrons. The maximum Gasteiger partial charge on any atom is 0.262 e. The van der Waals surface area contributed by atoms with Crippen LogP contribution in [0.4, 0.5) is 5.69 Å². The summed E-state index contributed by atoms with van der Waals surface area (Å²) < 4.78 is 8.53. The third-order valence-corrected chi connectivity index (χ3v) is 5.62. The van der Waals surface area contributed by atoms with Gasteiger partial charge in [-0.2, -0.15) is 5.10 Å². The number of carbonyl (C=O) groups excluding carboxylic acids is 1. The van der Waals surface area contributed by atoms with Crippen molar-refractivity contribution in [2.75, 3.05) is 11.9 Å². The number of benzene rings is 2. The largest absolute Gasteiger partial charge is 0.484 e. The van der Waals surface area contributed by atoms with Crippen LogP contribution in [0.3, 0.4) is 0 Å². The lowest BCUT2D eigenvalue weighted by Crippen LogP contribution is -2.20. The number of fused-ring (bicyclic) bond motifs is 1. The van der Waals surface area contributed by atoms with Gasteiger partial charge in [-0.05, 0) is 50.2 Å². The molecule has 7 heteroatoms. The molecule has 0 spiro atoms. The number of hydrogen-bond donors (Lipinski definition) is 1. The topological polar surface area (TPSA) is 69.0 Å².